The molecule has 2 aliphatic rings. The molecule has 1 aromatic rings. The minimum Gasteiger partial charge on any atom is -0.460 e. The molecule has 1 aliphatic heterocycles. The predicted octanol–water partition coefficient (Wildman–Crippen LogP) is 4.47. The van der Waals surface area contributed by atoms with Crippen LogP contribution in [0, 0.1) is 23.5 Å². The van der Waals surface area contributed by atoms with Gasteiger partial charge in [0.05, 0.1) is 5.92 Å². The van der Waals surface area contributed by atoms with Crippen LogP contribution in [0.2, 0.25) is 0 Å². The van der Waals surface area contributed by atoms with Crippen molar-refractivity contribution in [3.05, 3.63) is 35.4 Å². The lowest BCUT2D eigenvalue weighted by molar-refractivity contribution is -0.165. The van der Waals surface area contributed by atoms with E-state index in [4.69, 9.17) is 4.74 Å². The smallest absolute Gasteiger partial charge is 0.311 e. The first-order valence-electron chi connectivity index (χ1n) is 10.5. The summed E-state index contributed by atoms with van der Waals surface area (Å²) in [6.45, 7) is 6.97. The van der Waals surface area contributed by atoms with Crippen molar-refractivity contribution in [3.8, 4) is 0 Å². The van der Waals surface area contributed by atoms with Crippen LogP contribution in [-0.2, 0) is 14.3 Å². The number of benzene rings is 1. The lowest BCUT2D eigenvalue weighted by Gasteiger charge is -2.48. The van der Waals surface area contributed by atoms with Crippen LogP contribution >= 0.6 is 0 Å². The van der Waals surface area contributed by atoms with E-state index in [0.29, 0.717) is 32.2 Å². The molecule has 160 valence electrons. The van der Waals surface area contributed by atoms with Crippen molar-refractivity contribution in [3.63, 3.8) is 0 Å². The van der Waals surface area contributed by atoms with Crippen LogP contribution in [0.5, 0.6) is 0 Å². The zero-order valence-corrected chi connectivity index (χ0v) is 17.5. The summed E-state index contributed by atoms with van der Waals surface area (Å²) in [4.78, 5) is 25.9. The topological polar surface area (TPSA) is 46.6 Å². The van der Waals surface area contributed by atoms with Gasteiger partial charge in [0.15, 0.2) is 0 Å². The molecule has 1 aromatic carbocycles. The zero-order valence-electron chi connectivity index (χ0n) is 17.5. The molecule has 1 aliphatic carbocycles. The summed E-state index contributed by atoms with van der Waals surface area (Å²) >= 11 is 0. The Bertz CT molecular complexity index is 720. The van der Waals surface area contributed by atoms with E-state index in [9.17, 15) is 18.4 Å². The van der Waals surface area contributed by atoms with E-state index in [2.05, 4.69) is 4.90 Å². The van der Waals surface area contributed by atoms with Gasteiger partial charge in [-0.2, -0.15) is 0 Å². The molecule has 0 aromatic heterocycles. The fraction of sp³-hybridized carbons (Fsp3) is 0.652. The Morgan fingerprint density at radius 1 is 1.24 bits per heavy atom. The number of aldehydes is 1. The Labute approximate surface area is 171 Å². The molecule has 0 spiro atoms. The third kappa shape index (κ3) is 5.21. The molecule has 4 nitrogen and oxygen atoms in total. The van der Waals surface area contributed by atoms with Gasteiger partial charge in [-0.25, -0.2) is 8.78 Å². The van der Waals surface area contributed by atoms with Crippen molar-refractivity contribution in [1.29, 1.82) is 0 Å². The van der Waals surface area contributed by atoms with Gasteiger partial charge in [-0.3, -0.25) is 9.69 Å². The summed E-state index contributed by atoms with van der Waals surface area (Å²) in [5.74, 6) is -1.43. The number of hydrogen-bond donors (Lipinski definition) is 0. The Hall–Kier alpha value is -1.82. The maximum atomic E-state index is 14.0. The molecular weight excluding hydrogens is 376 g/mol. The summed E-state index contributed by atoms with van der Waals surface area (Å²) in [7, 11) is 0. The van der Waals surface area contributed by atoms with Gasteiger partial charge in [0.2, 0.25) is 0 Å². The van der Waals surface area contributed by atoms with Gasteiger partial charge in [-0.1, -0.05) is 6.07 Å². The Balaban J connectivity index is 1.64. The van der Waals surface area contributed by atoms with Crippen LogP contribution in [0.25, 0.3) is 0 Å². The summed E-state index contributed by atoms with van der Waals surface area (Å²) < 4.78 is 33.7. The predicted molar refractivity (Wildman–Crippen MR) is 106 cm³/mol. The third-order valence-corrected chi connectivity index (χ3v) is 6.19. The average molecular weight is 408 g/mol. The number of rotatable bonds is 6. The van der Waals surface area contributed by atoms with Gasteiger partial charge in [-0.05, 0) is 77.0 Å². The molecule has 6 heteroatoms. The third-order valence-electron chi connectivity index (χ3n) is 6.19. The maximum Gasteiger partial charge on any atom is 0.311 e. The Kier molecular flexibility index (Phi) is 6.72. The zero-order chi connectivity index (χ0) is 21.2. The number of carbonyl (C=O) groups excluding carboxylic acids is 2. The van der Waals surface area contributed by atoms with E-state index in [1.165, 1.54) is 18.2 Å². The molecule has 2 atom stereocenters. The van der Waals surface area contributed by atoms with Gasteiger partial charge < -0.3 is 9.53 Å². The van der Waals surface area contributed by atoms with Gasteiger partial charge in [0.25, 0.3) is 0 Å². The summed E-state index contributed by atoms with van der Waals surface area (Å²) in [6.07, 6.45) is 4.25. The highest BCUT2D eigenvalue weighted by Crippen LogP contribution is 2.43. The summed E-state index contributed by atoms with van der Waals surface area (Å²) in [5, 5.41) is 0. The number of carbonyl (C=O) groups is 2. The maximum absolute atomic E-state index is 14.0. The first-order valence-corrected chi connectivity index (χ1v) is 10.5. The SMILES string of the molecule is CC(C)(C)OC(=O)C1CN(C2CC(c3c(F)cccc3F)C2)CCC1CCC=O. The minimum atomic E-state index is -0.557. The molecule has 1 saturated carbocycles. The molecule has 0 bridgehead atoms. The van der Waals surface area contributed by atoms with Crippen LogP contribution in [0.1, 0.15) is 64.4 Å². The largest absolute Gasteiger partial charge is 0.460 e. The van der Waals surface area contributed by atoms with Crippen LogP contribution in [0.3, 0.4) is 0 Å². The van der Waals surface area contributed by atoms with Gasteiger partial charge >= 0.3 is 5.97 Å². The van der Waals surface area contributed by atoms with E-state index in [1.54, 1.807) is 0 Å². The lowest BCUT2D eigenvalue weighted by Crippen LogP contribution is -2.53. The molecular formula is C23H31F2NO3. The van der Waals surface area contributed by atoms with Crippen molar-refractivity contribution >= 4 is 12.3 Å². The molecule has 2 fully saturated rings. The van der Waals surface area contributed by atoms with Gasteiger partial charge in [-0.15, -0.1) is 0 Å². The molecule has 1 heterocycles. The van der Waals surface area contributed by atoms with Gasteiger partial charge in [0.1, 0.15) is 23.5 Å². The van der Waals surface area contributed by atoms with E-state index in [1.807, 2.05) is 20.8 Å². The minimum absolute atomic E-state index is 0.117. The van der Waals surface area contributed by atoms with Crippen molar-refractivity contribution < 1.29 is 23.1 Å². The van der Waals surface area contributed by atoms with Crippen LogP contribution < -0.4 is 0 Å². The van der Waals surface area contributed by atoms with E-state index in [-0.39, 0.29) is 35.3 Å². The second kappa shape index (κ2) is 8.90. The number of ether oxygens (including phenoxy) is 1. The second-order valence-electron chi connectivity index (χ2n) is 9.39. The van der Waals surface area contributed by atoms with Crippen LogP contribution in [0.15, 0.2) is 18.2 Å². The first-order chi connectivity index (χ1) is 13.7. The number of likely N-dealkylation sites (tertiary alicyclic amines) is 1. The fourth-order valence-corrected chi connectivity index (χ4v) is 4.65. The lowest BCUT2D eigenvalue weighted by atomic mass is 9.73. The monoisotopic (exact) mass is 407 g/mol. The first kappa shape index (κ1) is 21.9. The standard InChI is InChI=1S/C23H31F2NO3/c1-23(2,3)29-22(28)18-14-26(10-9-15(18)6-5-11-27)17-12-16(13-17)21-19(24)7-4-8-20(21)25/h4,7-8,11,15-18H,5-6,9-10,12-14H2,1-3H3. The molecule has 29 heavy (non-hydrogen) atoms. The highest BCUT2D eigenvalue weighted by atomic mass is 19.1. The summed E-state index contributed by atoms with van der Waals surface area (Å²) in [5.41, 5.74) is -0.369. The van der Waals surface area contributed by atoms with E-state index < -0.39 is 17.2 Å². The quantitative estimate of drug-likeness (QED) is 0.516. The number of halogens is 2. The molecule has 2 unspecified atom stereocenters. The average Bonchev–Trinajstić information content (AvgIpc) is 2.60. The van der Waals surface area contributed by atoms with Gasteiger partial charge in [0, 0.05) is 24.6 Å². The van der Waals surface area contributed by atoms with E-state index >= 15 is 0 Å². The normalized spacial score (nSPS) is 27.9. The van der Waals surface area contributed by atoms with Crippen molar-refractivity contribution in [2.24, 2.45) is 11.8 Å². The molecule has 3 rings (SSSR count). The van der Waals surface area contributed by atoms with Crippen molar-refractivity contribution in [1.82, 2.24) is 4.90 Å². The number of esters is 1. The number of nitrogens with zero attached hydrogens (tertiary/aromatic N) is 1. The van der Waals surface area contributed by atoms with Crippen LogP contribution in [0.4, 0.5) is 8.78 Å². The van der Waals surface area contributed by atoms with Crippen LogP contribution in [-0.4, -0.2) is 41.9 Å². The summed E-state index contributed by atoms with van der Waals surface area (Å²) in [6, 6.07) is 4.22. The second-order valence-corrected chi connectivity index (χ2v) is 9.39. The highest BCUT2D eigenvalue weighted by Gasteiger charge is 2.43. The van der Waals surface area contributed by atoms with Crippen molar-refractivity contribution in [2.75, 3.05) is 13.1 Å². The number of hydrogen-bond acceptors (Lipinski definition) is 4. The number of piperidine rings is 1. The molecule has 0 amide bonds. The Morgan fingerprint density at radius 3 is 2.48 bits per heavy atom. The molecule has 0 radical (unpaired) electrons. The molecule has 0 N–H and O–H groups in total. The van der Waals surface area contributed by atoms with E-state index in [0.717, 1.165) is 19.3 Å². The Morgan fingerprint density at radius 2 is 1.90 bits per heavy atom. The van der Waals surface area contributed by atoms with Crippen molar-refractivity contribution in [2.45, 2.75) is 70.4 Å². The molecule has 1 saturated heterocycles. The fourth-order valence-electron chi connectivity index (χ4n) is 4.65. The highest BCUT2D eigenvalue weighted by molar-refractivity contribution is 5.73.